The van der Waals surface area contributed by atoms with Gasteiger partial charge in [0.1, 0.15) is 5.82 Å². The van der Waals surface area contributed by atoms with E-state index in [2.05, 4.69) is 4.98 Å². The molecule has 0 fully saturated rings. The Bertz CT molecular complexity index is 546. The number of pyridine rings is 1. The number of sulfonamides is 1. The second-order valence-electron chi connectivity index (χ2n) is 5.18. The van der Waals surface area contributed by atoms with Gasteiger partial charge in [0.15, 0.2) is 0 Å². The minimum atomic E-state index is -3.36. The molecule has 0 aromatic carbocycles. The maximum absolute atomic E-state index is 12.4. The van der Waals surface area contributed by atoms with E-state index in [1.54, 1.807) is 33.0 Å². The number of hydrogen-bond acceptors (Lipinski definition) is 4. The summed E-state index contributed by atoms with van der Waals surface area (Å²) in [7, 11) is -3.36. The third-order valence-electron chi connectivity index (χ3n) is 2.90. The van der Waals surface area contributed by atoms with Gasteiger partial charge in [-0.05, 0) is 32.8 Å². The summed E-state index contributed by atoms with van der Waals surface area (Å²) in [6, 6.07) is 1.63. The number of anilines is 2. The maximum Gasteiger partial charge on any atom is 0.240 e. The molecule has 0 radical (unpaired) electrons. The van der Waals surface area contributed by atoms with Gasteiger partial charge >= 0.3 is 0 Å². The zero-order valence-electron chi connectivity index (χ0n) is 10.3. The summed E-state index contributed by atoms with van der Waals surface area (Å²) in [6.07, 6.45) is 2.35. The third-order valence-corrected chi connectivity index (χ3v) is 5.41. The molecular weight excluding hydrogens is 238 g/mol. The predicted octanol–water partition coefficient (Wildman–Crippen LogP) is 1.15. The molecule has 0 spiro atoms. The molecule has 0 bridgehead atoms. The van der Waals surface area contributed by atoms with Crippen LogP contribution in [0.5, 0.6) is 0 Å². The minimum absolute atomic E-state index is 0.347. The fourth-order valence-corrected chi connectivity index (χ4v) is 3.26. The van der Waals surface area contributed by atoms with Crippen molar-refractivity contribution in [3.05, 3.63) is 17.8 Å². The van der Waals surface area contributed by atoms with Gasteiger partial charge in [-0.1, -0.05) is 0 Å². The summed E-state index contributed by atoms with van der Waals surface area (Å²) < 4.78 is 25.4. The van der Waals surface area contributed by atoms with Crippen LogP contribution in [-0.2, 0) is 16.4 Å². The van der Waals surface area contributed by atoms with E-state index in [1.807, 2.05) is 0 Å². The number of nitrogens with two attached hydrogens (primary N) is 1. The molecule has 1 aliphatic heterocycles. The average Bonchev–Trinajstić information content (AvgIpc) is 2.58. The Hall–Kier alpha value is -1.30. The molecule has 6 heteroatoms. The summed E-state index contributed by atoms with van der Waals surface area (Å²) in [6.45, 7) is 5.57. The number of fused-ring (bicyclic) bond motifs is 1. The lowest BCUT2D eigenvalue weighted by Gasteiger charge is -2.28. The molecule has 0 amide bonds. The van der Waals surface area contributed by atoms with E-state index in [0.717, 1.165) is 5.56 Å². The van der Waals surface area contributed by atoms with Gasteiger partial charge in [-0.15, -0.1) is 0 Å². The van der Waals surface area contributed by atoms with Crippen LogP contribution in [0.3, 0.4) is 0 Å². The first-order valence-corrected chi connectivity index (χ1v) is 6.94. The van der Waals surface area contributed by atoms with Crippen LogP contribution in [0.2, 0.25) is 0 Å². The minimum Gasteiger partial charge on any atom is -0.384 e. The van der Waals surface area contributed by atoms with Gasteiger partial charge in [-0.2, -0.15) is 0 Å². The Kier molecular flexibility index (Phi) is 2.57. The van der Waals surface area contributed by atoms with Crippen molar-refractivity contribution in [1.29, 1.82) is 0 Å². The highest BCUT2D eigenvalue weighted by molar-refractivity contribution is 7.94. The van der Waals surface area contributed by atoms with Crippen LogP contribution in [0.25, 0.3) is 0 Å². The molecule has 1 aliphatic rings. The molecule has 2 heterocycles. The second kappa shape index (κ2) is 3.60. The quantitative estimate of drug-likeness (QED) is 0.816. The van der Waals surface area contributed by atoms with E-state index in [9.17, 15) is 8.42 Å². The zero-order valence-corrected chi connectivity index (χ0v) is 11.1. The van der Waals surface area contributed by atoms with Crippen molar-refractivity contribution < 1.29 is 8.42 Å². The van der Waals surface area contributed by atoms with Crippen molar-refractivity contribution in [3.63, 3.8) is 0 Å². The second-order valence-corrected chi connectivity index (χ2v) is 7.79. The number of nitrogen functional groups attached to an aromatic ring is 1. The Morgan fingerprint density at radius 2 is 2.06 bits per heavy atom. The number of rotatable bonds is 1. The Balaban J connectivity index is 2.51. The maximum atomic E-state index is 12.4. The number of aromatic nitrogens is 1. The fraction of sp³-hybridized carbons (Fsp3) is 0.545. The van der Waals surface area contributed by atoms with E-state index in [1.165, 1.54) is 4.31 Å². The van der Waals surface area contributed by atoms with Gasteiger partial charge in [0, 0.05) is 18.8 Å². The van der Waals surface area contributed by atoms with Crippen molar-refractivity contribution in [1.82, 2.24) is 4.98 Å². The molecule has 0 saturated carbocycles. The van der Waals surface area contributed by atoms with Crippen LogP contribution in [0.15, 0.2) is 12.3 Å². The lowest BCUT2D eigenvalue weighted by atomic mass is 10.2. The molecular formula is C11H17N3O2S. The largest absolute Gasteiger partial charge is 0.384 e. The van der Waals surface area contributed by atoms with E-state index in [4.69, 9.17) is 5.73 Å². The van der Waals surface area contributed by atoms with Gasteiger partial charge in [0.05, 0.1) is 10.4 Å². The van der Waals surface area contributed by atoms with Crippen LogP contribution < -0.4 is 10.0 Å². The van der Waals surface area contributed by atoms with E-state index < -0.39 is 14.8 Å². The topological polar surface area (TPSA) is 76.3 Å². The Morgan fingerprint density at radius 3 is 2.65 bits per heavy atom. The molecule has 2 N–H and O–H groups in total. The first kappa shape index (κ1) is 12.2. The normalized spacial score (nSPS) is 16.1. The van der Waals surface area contributed by atoms with E-state index >= 15 is 0 Å². The highest BCUT2D eigenvalue weighted by Crippen LogP contribution is 2.34. The first-order valence-electron chi connectivity index (χ1n) is 5.50. The Labute approximate surface area is 102 Å². The summed E-state index contributed by atoms with van der Waals surface area (Å²) in [5, 5.41) is 0. The smallest absolute Gasteiger partial charge is 0.240 e. The van der Waals surface area contributed by atoms with E-state index in [0.29, 0.717) is 24.5 Å². The van der Waals surface area contributed by atoms with Gasteiger partial charge in [0.25, 0.3) is 0 Å². The molecule has 1 aromatic heterocycles. The van der Waals surface area contributed by atoms with E-state index in [-0.39, 0.29) is 0 Å². The van der Waals surface area contributed by atoms with Gasteiger partial charge in [-0.25, -0.2) is 13.4 Å². The SMILES string of the molecule is CC(C)(C)S(=O)(=O)N1CCc2cnc(N)cc21. The van der Waals surface area contributed by atoms with Crippen LogP contribution in [0.4, 0.5) is 11.5 Å². The molecule has 0 atom stereocenters. The van der Waals surface area contributed by atoms with Crippen molar-refractivity contribution in [2.24, 2.45) is 0 Å². The molecule has 0 saturated heterocycles. The van der Waals surface area contributed by atoms with Gasteiger partial charge in [-0.3, -0.25) is 4.31 Å². The standard InChI is InChI=1S/C11H17N3O2S/c1-11(2,3)17(15,16)14-5-4-8-7-13-10(12)6-9(8)14/h6-7H,4-5H2,1-3H3,(H2,12,13). The predicted molar refractivity (Wildman–Crippen MR) is 68.4 cm³/mol. The van der Waals surface area contributed by atoms with Crippen LogP contribution in [-0.4, -0.2) is 24.7 Å². The molecule has 94 valence electrons. The van der Waals surface area contributed by atoms with Crippen LogP contribution in [0.1, 0.15) is 26.3 Å². The molecule has 0 aliphatic carbocycles. The average molecular weight is 255 g/mol. The molecule has 17 heavy (non-hydrogen) atoms. The highest BCUT2D eigenvalue weighted by Gasteiger charge is 2.38. The number of nitrogens with zero attached hydrogens (tertiary/aromatic N) is 2. The lowest BCUT2D eigenvalue weighted by Crippen LogP contribution is -2.42. The Morgan fingerprint density at radius 1 is 1.41 bits per heavy atom. The zero-order chi connectivity index (χ0) is 12.8. The number of hydrogen-bond donors (Lipinski definition) is 1. The molecule has 2 rings (SSSR count). The monoisotopic (exact) mass is 255 g/mol. The summed E-state index contributed by atoms with van der Waals surface area (Å²) in [5.41, 5.74) is 7.22. The molecule has 1 aromatic rings. The molecule has 5 nitrogen and oxygen atoms in total. The van der Waals surface area contributed by atoms with Crippen LogP contribution in [0, 0.1) is 0 Å². The summed E-state index contributed by atoms with van der Waals surface area (Å²) in [4.78, 5) is 3.99. The van der Waals surface area contributed by atoms with Crippen molar-refractivity contribution in [2.45, 2.75) is 31.9 Å². The third kappa shape index (κ3) is 1.86. The first-order chi connectivity index (χ1) is 7.73. The fourth-order valence-electron chi connectivity index (χ4n) is 1.84. The summed E-state index contributed by atoms with van der Waals surface area (Å²) in [5.74, 6) is 0.347. The van der Waals surface area contributed by atoms with Crippen molar-refractivity contribution in [3.8, 4) is 0 Å². The lowest BCUT2D eigenvalue weighted by molar-refractivity contribution is 0.556. The van der Waals surface area contributed by atoms with Crippen LogP contribution >= 0.6 is 0 Å². The van der Waals surface area contributed by atoms with Crippen molar-refractivity contribution in [2.75, 3.05) is 16.6 Å². The van der Waals surface area contributed by atoms with Crippen molar-refractivity contribution >= 4 is 21.5 Å². The van der Waals surface area contributed by atoms with Gasteiger partial charge in [0.2, 0.25) is 10.0 Å². The molecule has 0 unspecified atom stereocenters. The van der Waals surface area contributed by atoms with Gasteiger partial charge < -0.3 is 5.73 Å². The highest BCUT2D eigenvalue weighted by atomic mass is 32.2. The summed E-state index contributed by atoms with van der Waals surface area (Å²) >= 11 is 0.